The van der Waals surface area contributed by atoms with Crippen molar-refractivity contribution >= 4 is 10.9 Å². The van der Waals surface area contributed by atoms with Gasteiger partial charge >= 0.3 is 6.18 Å². The SMILES string of the molecule is Cc1ccc2cc(C(O)C(F)(F)F)ccc2n1. The number of aromatic nitrogens is 1. The number of hydrogen-bond acceptors (Lipinski definition) is 2. The van der Waals surface area contributed by atoms with Gasteiger partial charge in [0.05, 0.1) is 5.52 Å². The van der Waals surface area contributed by atoms with Gasteiger partial charge in [-0.15, -0.1) is 0 Å². The van der Waals surface area contributed by atoms with Crippen molar-refractivity contribution in [2.75, 3.05) is 0 Å². The number of benzene rings is 1. The lowest BCUT2D eigenvalue weighted by atomic mass is 10.1. The Morgan fingerprint density at radius 3 is 2.53 bits per heavy atom. The van der Waals surface area contributed by atoms with Crippen molar-refractivity contribution < 1.29 is 18.3 Å². The van der Waals surface area contributed by atoms with Gasteiger partial charge in [0.1, 0.15) is 0 Å². The topological polar surface area (TPSA) is 33.1 Å². The Balaban J connectivity index is 2.48. The van der Waals surface area contributed by atoms with Crippen molar-refractivity contribution in [3.63, 3.8) is 0 Å². The number of aliphatic hydroxyl groups excluding tert-OH is 1. The van der Waals surface area contributed by atoms with Gasteiger partial charge in [0, 0.05) is 11.1 Å². The van der Waals surface area contributed by atoms with Crippen LogP contribution >= 0.6 is 0 Å². The fourth-order valence-electron chi connectivity index (χ4n) is 1.61. The molecule has 0 aliphatic rings. The Morgan fingerprint density at radius 2 is 1.88 bits per heavy atom. The van der Waals surface area contributed by atoms with Crippen LogP contribution in [-0.4, -0.2) is 16.3 Å². The lowest BCUT2D eigenvalue weighted by molar-refractivity contribution is -0.206. The summed E-state index contributed by atoms with van der Waals surface area (Å²) in [5, 5.41) is 9.71. The molecule has 1 unspecified atom stereocenters. The Bertz CT molecular complexity index is 551. The molecule has 2 rings (SSSR count). The molecule has 0 fully saturated rings. The van der Waals surface area contributed by atoms with Crippen molar-refractivity contribution in [1.82, 2.24) is 4.98 Å². The minimum atomic E-state index is -4.65. The van der Waals surface area contributed by atoms with Gasteiger partial charge in [-0.1, -0.05) is 12.1 Å². The summed E-state index contributed by atoms with van der Waals surface area (Å²) in [6.07, 6.45) is -7.10. The molecule has 1 heterocycles. The second-order valence-corrected chi connectivity index (χ2v) is 3.85. The molecule has 17 heavy (non-hydrogen) atoms. The molecule has 0 aliphatic heterocycles. The summed E-state index contributed by atoms with van der Waals surface area (Å²) in [4.78, 5) is 4.18. The van der Waals surface area contributed by atoms with Gasteiger partial charge in [0.2, 0.25) is 0 Å². The zero-order chi connectivity index (χ0) is 12.6. The van der Waals surface area contributed by atoms with Crippen LogP contribution in [-0.2, 0) is 0 Å². The van der Waals surface area contributed by atoms with E-state index in [1.165, 1.54) is 18.2 Å². The molecule has 1 atom stereocenters. The number of nitrogens with zero attached hydrogens (tertiary/aromatic N) is 1. The van der Waals surface area contributed by atoms with E-state index in [0.717, 1.165) is 5.69 Å². The summed E-state index contributed by atoms with van der Waals surface area (Å²) in [5.41, 5.74) is 1.24. The van der Waals surface area contributed by atoms with Crippen molar-refractivity contribution in [2.45, 2.75) is 19.2 Å². The Kier molecular flexibility index (Phi) is 2.79. The third-order valence-electron chi connectivity index (χ3n) is 2.48. The maximum atomic E-state index is 12.3. The fraction of sp³-hybridized carbons (Fsp3) is 0.250. The van der Waals surface area contributed by atoms with Gasteiger partial charge in [0.25, 0.3) is 0 Å². The summed E-state index contributed by atoms with van der Waals surface area (Å²) in [5.74, 6) is 0. The molecule has 5 heteroatoms. The highest BCUT2D eigenvalue weighted by atomic mass is 19.4. The smallest absolute Gasteiger partial charge is 0.379 e. The predicted octanol–water partition coefficient (Wildman–Crippen LogP) is 3.14. The third-order valence-corrected chi connectivity index (χ3v) is 2.48. The number of halogens is 3. The zero-order valence-corrected chi connectivity index (χ0v) is 8.99. The van der Waals surface area contributed by atoms with Crippen molar-refractivity contribution in [3.05, 3.63) is 41.6 Å². The van der Waals surface area contributed by atoms with E-state index in [-0.39, 0.29) is 5.56 Å². The lowest BCUT2D eigenvalue weighted by Crippen LogP contribution is -2.20. The third kappa shape index (κ3) is 2.39. The molecule has 1 N–H and O–H groups in total. The van der Waals surface area contributed by atoms with Crippen molar-refractivity contribution in [3.8, 4) is 0 Å². The quantitative estimate of drug-likeness (QED) is 0.832. The highest BCUT2D eigenvalue weighted by Crippen LogP contribution is 2.33. The van der Waals surface area contributed by atoms with Gasteiger partial charge in [-0.05, 0) is 30.7 Å². The molecule has 90 valence electrons. The standard InChI is InChI=1S/C12H10F3NO/c1-7-2-3-8-6-9(4-5-10(8)16-7)11(17)12(13,14)15/h2-6,11,17H,1H3. The van der Waals surface area contributed by atoms with E-state index in [1.807, 2.05) is 0 Å². The van der Waals surface area contributed by atoms with E-state index in [0.29, 0.717) is 10.9 Å². The molecule has 1 aromatic carbocycles. The first-order valence-corrected chi connectivity index (χ1v) is 5.00. The van der Waals surface area contributed by atoms with E-state index in [1.54, 1.807) is 19.1 Å². The minimum Gasteiger partial charge on any atom is -0.379 e. The van der Waals surface area contributed by atoms with Gasteiger partial charge in [-0.25, -0.2) is 0 Å². The van der Waals surface area contributed by atoms with Crippen LogP contribution in [0, 0.1) is 6.92 Å². The number of aliphatic hydroxyl groups is 1. The molecule has 0 radical (unpaired) electrons. The van der Waals surface area contributed by atoms with Gasteiger partial charge in [-0.2, -0.15) is 13.2 Å². The summed E-state index contributed by atoms with van der Waals surface area (Å²) in [7, 11) is 0. The molecule has 1 aromatic heterocycles. The van der Waals surface area contributed by atoms with Crippen LogP contribution in [0.25, 0.3) is 10.9 Å². The number of rotatable bonds is 1. The maximum Gasteiger partial charge on any atom is 0.418 e. The predicted molar refractivity (Wildman–Crippen MR) is 57.5 cm³/mol. The molecule has 0 aliphatic carbocycles. The lowest BCUT2D eigenvalue weighted by Gasteiger charge is -2.15. The van der Waals surface area contributed by atoms with Gasteiger partial charge < -0.3 is 5.11 Å². The van der Waals surface area contributed by atoms with Crippen LogP contribution in [0.2, 0.25) is 0 Å². The average molecular weight is 241 g/mol. The molecule has 0 amide bonds. The van der Waals surface area contributed by atoms with Crippen LogP contribution < -0.4 is 0 Å². The molecule has 2 nitrogen and oxygen atoms in total. The second-order valence-electron chi connectivity index (χ2n) is 3.85. The van der Waals surface area contributed by atoms with E-state index in [9.17, 15) is 13.2 Å². The first-order valence-electron chi connectivity index (χ1n) is 5.00. The number of aryl methyl sites for hydroxylation is 1. The molecule has 0 bridgehead atoms. The number of pyridine rings is 1. The van der Waals surface area contributed by atoms with E-state index in [2.05, 4.69) is 4.98 Å². The fourth-order valence-corrected chi connectivity index (χ4v) is 1.61. The van der Waals surface area contributed by atoms with Crippen molar-refractivity contribution in [2.24, 2.45) is 0 Å². The summed E-state index contributed by atoms with van der Waals surface area (Å²) in [6.45, 7) is 1.80. The second kappa shape index (κ2) is 4.00. The zero-order valence-electron chi connectivity index (χ0n) is 8.99. The van der Waals surface area contributed by atoms with Crippen LogP contribution in [0.4, 0.5) is 13.2 Å². The summed E-state index contributed by atoms with van der Waals surface area (Å²) in [6, 6.07) is 7.43. The largest absolute Gasteiger partial charge is 0.418 e. The molecule has 2 aromatic rings. The molecule has 0 saturated heterocycles. The normalized spacial score (nSPS) is 13.9. The van der Waals surface area contributed by atoms with Crippen molar-refractivity contribution in [1.29, 1.82) is 0 Å². The first kappa shape index (κ1) is 11.9. The van der Waals surface area contributed by atoms with Crippen LogP contribution in [0.3, 0.4) is 0 Å². The van der Waals surface area contributed by atoms with Gasteiger partial charge in [-0.3, -0.25) is 4.98 Å². The van der Waals surface area contributed by atoms with Crippen LogP contribution in [0.5, 0.6) is 0 Å². The summed E-state index contributed by atoms with van der Waals surface area (Å²) < 4.78 is 37.0. The first-order chi connectivity index (χ1) is 7.88. The van der Waals surface area contributed by atoms with E-state index < -0.39 is 12.3 Å². The number of alkyl halides is 3. The number of hydrogen-bond donors (Lipinski definition) is 1. The highest BCUT2D eigenvalue weighted by Gasteiger charge is 2.39. The van der Waals surface area contributed by atoms with Crippen LogP contribution in [0.1, 0.15) is 17.4 Å². The Labute approximate surface area is 95.7 Å². The van der Waals surface area contributed by atoms with Crippen LogP contribution in [0.15, 0.2) is 30.3 Å². The maximum absolute atomic E-state index is 12.3. The summed E-state index contributed by atoms with van der Waals surface area (Å²) >= 11 is 0. The van der Waals surface area contributed by atoms with E-state index >= 15 is 0 Å². The van der Waals surface area contributed by atoms with E-state index in [4.69, 9.17) is 5.11 Å². The highest BCUT2D eigenvalue weighted by molar-refractivity contribution is 5.79. The Hall–Kier alpha value is -1.62. The van der Waals surface area contributed by atoms with Gasteiger partial charge in [0.15, 0.2) is 6.10 Å². The minimum absolute atomic E-state index is 0.171. The Morgan fingerprint density at radius 1 is 1.18 bits per heavy atom. The number of fused-ring (bicyclic) bond motifs is 1. The molecule has 0 spiro atoms. The molecule has 0 saturated carbocycles. The monoisotopic (exact) mass is 241 g/mol. The molecular weight excluding hydrogens is 231 g/mol. The average Bonchev–Trinajstić information content (AvgIpc) is 2.26. The molecular formula is C12H10F3NO.